The number of urea groups is 1. The van der Waals surface area contributed by atoms with Gasteiger partial charge in [-0.2, -0.15) is 0 Å². The van der Waals surface area contributed by atoms with Gasteiger partial charge in [0.15, 0.2) is 0 Å². The summed E-state index contributed by atoms with van der Waals surface area (Å²) in [6.07, 6.45) is 0.846. The fraction of sp³-hybridized carbons (Fsp3) is 0.231. The van der Waals surface area contributed by atoms with Gasteiger partial charge in [-0.25, -0.2) is 17.9 Å². The van der Waals surface area contributed by atoms with Crippen LogP contribution in [0.1, 0.15) is 27.3 Å². The Morgan fingerprint density at radius 2 is 1.50 bits per heavy atom. The van der Waals surface area contributed by atoms with Crippen LogP contribution in [0.15, 0.2) is 89.8 Å². The summed E-state index contributed by atoms with van der Waals surface area (Å²) in [6, 6.07) is 23.3. The van der Waals surface area contributed by atoms with Gasteiger partial charge < -0.3 is 10.2 Å². The second-order valence-corrected chi connectivity index (χ2v) is 9.49. The van der Waals surface area contributed by atoms with Gasteiger partial charge in [-0.3, -0.25) is 4.79 Å². The highest BCUT2D eigenvalue weighted by molar-refractivity contribution is 7.90. The van der Waals surface area contributed by atoms with E-state index in [0.29, 0.717) is 30.6 Å². The minimum absolute atomic E-state index is 0. The minimum atomic E-state index is -4.09. The third-order valence-corrected chi connectivity index (χ3v) is 6.92. The van der Waals surface area contributed by atoms with Gasteiger partial charge in [0.25, 0.3) is 10.0 Å². The van der Waals surface area contributed by atoms with Crippen molar-refractivity contribution < 1.29 is 20.9 Å². The number of rotatable bonds is 9. The highest BCUT2D eigenvalue weighted by Crippen LogP contribution is 2.17. The van der Waals surface area contributed by atoms with Crippen molar-refractivity contribution in [2.75, 3.05) is 11.4 Å². The predicted molar refractivity (Wildman–Crippen MR) is 137 cm³/mol. The van der Waals surface area contributed by atoms with Crippen molar-refractivity contribution in [1.82, 2.24) is 10.0 Å². The van der Waals surface area contributed by atoms with Crippen LogP contribution in [0.4, 0.5) is 10.5 Å². The van der Waals surface area contributed by atoms with Gasteiger partial charge in [-0.05, 0) is 56.0 Å². The molecule has 34 heavy (non-hydrogen) atoms. The van der Waals surface area contributed by atoms with Gasteiger partial charge in [0.05, 0.1) is 4.90 Å². The average molecular weight is 484 g/mol. The summed E-state index contributed by atoms with van der Waals surface area (Å²) in [7, 11) is -4.09. The molecule has 3 rings (SSSR count). The Hall–Kier alpha value is -3.65. The van der Waals surface area contributed by atoms with Crippen LogP contribution in [0, 0.1) is 6.92 Å². The maximum absolute atomic E-state index is 13.5. The van der Waals surface area contributed by atoms with Gasteiger partial charge in [-0.15, -0.1) is 0 Å². The molecule has 0 spiro atoms. The fourth-order valence-electron chi connectivity index (χ4n) is 3.70. The van der Waals surface area contributed by atoms with Crippen LogP contribution in [-0.4, -0.2) is 32.9 Å². The first-order valence-corrected chi connectivity index (χ1v) is 12.6. The van der Waals surface area contributed by atoms with Gasteiger partial charge >= 0.3 is 6.03 Å². The molecule has 0 aliphatic rings. The molecule has 1 atom stereocenters. The first-order valence-electron chi connectivity index (χ1n) is 11.1. The Morgan fingerprint density at radius 1 is 0.912 bits per heavy atom. The van der Waals surface area contributed by atoms with E-state index in [2.05, 4.69) is 5.32 Å². The number of hydrogen-bond donors (Lipinski definition) is 2. The molecule has 3 aromatic rings. The van der Waals surface area contributed by atoms with Crippen LogP contribution < -0.4 is 14.9 Å². The van der Waals surface area contributed by atoms with Crippen LogP contribution in [0.3, 0.4) is 0 Å². The van der Waals surface area contributed by atoms with E-state index in [1.165, 1.54) is 6.07 Å². The van der Waals surface area contributed by atoms with Crippen LogP contribution in [0.5, 0.6) is 0 Å². The number of benzene rings is 3. The molecule has 0 radical (unpaired) electrons. The molecule has 2 N–H and O–H groups in total. The molecule has 0 heterocycles. The van der Waals surface area contributed by atoms with Gasteiger partial charge in [0.1, 0.15) is 6.04 Å². The number of carbonyl (C=O) groups is 2. The maximum Gasteiger partial charge on any atom is 0.329 e. The molecule has 3 aromatic carbocycles. The number of nitrogens with one attached hydrogen (secondary N) is 2. The molecule has 182 valence electrons. The molecular formula is C26H33N3O4S. The monoisotopic (exact) mass is 483 g/mol. The van der Waals surface area contributed by atoms with Crippen LogP contribution in [0.2, 0.25) is 0 Å². The van der Waals surface area contributed by atoms with E-state index in [-0.39, 0.29) is 13.7 Å². The van der Waals surface area contributed by atoms with E-state index in [1.54, 1.807) is 30.0 Å². The van der Waals surface area contributed by atoms with Crippen molar-refractivity contribution in [1.29, 1.82) is 0 Å². The number of likely N-dealkylation sites (N-methyl/N-ethyl adjacent to an activating group) is 1. The lowest BCUT2D eigenvalue weighted by atomic mass is 10.0. The third kappa shape index (κ3) is 6.45. The summed E-state index contributed by atoms with van der Waals surface area (Å²) in [4.78, 5) is 27.8. The van der Waals surface area contributed by atoms with Crippen LogP contribution >= 0.6 is 0 Å². The van der Waals surface area contributed by atoms with Crippen molar-refractivity contribution in [2.24, 2.45) is 0 Å². The first kappa shape index (κ1) is 25.0. The van der Waals surface area contributed by atoms with Crippen molar-refractivity contribution in [2.45, 2.75) is 37.6 Å². The standard InChI is InChI=1S/C26H29N3O4S.2H2/c1-3-29(22-15-8-5-9-16-22)25(30)23(19-18-21-13-6-4-7-14-21)27-26(31)28-34(32,33)24-17-11-10-12-20(24)2;;/h4-17,23H,3,18-19H2,1-2H3,(H2,27,28,31);2*1H/t23-;;/m0../s1. The van der Waals surface area contributed by atoms with Gasteiger partial charge in [0, 0.05) is 15.1 Å². The molecule has 0 unspecified atom stereocenters. The Balaban J connectivity index is 0.00000324. The van der Waals surface area contributed by atoms with Gasteiger partial charge in [0.2, 0.25) is 5.91 Å². The fourth-order valence-corrected chi connectivity index (χ4v) is 4.86. The average Bonchev–Trinajstić information content (AvgIpc) is 2.83. The molecule has 0 fully saturated rings. The number of amides is 3. The maximum atomic E-state index is 13.5. The van der Waals surface area contributed by atoms with Crippen molar-refractivity contribution in [3.8, 4) is 0 Å². The summed E-state index contributed by atoms with van der Waals surface area (Å²) < 4.78 is 27.5. The summed E-state index contributed by atoms with van der Waals surface area (Å²) in [5.74, 6) is -0.312. The molecule has 3 amide bonds. The minimum Gasteiger partial charge on any atom is -0.325 e. The number of anilines is 1. The number of hydrogen-bond acceptors (Lipinski definition) is 4. The SMILES string of the molecule is CCN(C(=O)[C@H](CCc1ccccc1)NC(=O)NS(=O)(=O)c1ccccc1C)c1ccccc1.[HH].[HH]. The van der Waals surface area contributed by atoms with E-state index in [1.807, 2.05) is 72.3 Å². The smallest absolute Gasteiger partial charge is 0.325 e. The lowest BCUT2D eigenvalue weighted by Crippen LogP contribution is -2.52. The van der Waals surface area contributed by atoms with E-state index in [4.69, 9.17) is 0 Å². The van der Waals surface area contributed by atoms with Gasteiger partial charge in [-0.1, -0.05) is 66.7 Å². The van der Waals surface area contributed by atoms with E-state index in [0.717, 1.165) is 5.56 Å². The molecule has 8 heteroatoms. The zero-order valence-corrected chi connectivity index (χ0v) is 20.1. The molecule has 0 aliphatic carbocycles. The highest BCUT2D eigenvalue weighted by Gasteiger charge is 2.28. The van der Waals surface area contributed by atoms with Crippen LogP contribution in [0.25, 0.3) is 0 Å². The number of carbonyl (C=O) groups excluding carboxylic acids is 2. The van der Waals surface area contributed by atoms with E-state index in [9.17, 15) is 18.0 Å². The van der Waals surface area contributed by atoms with Crippen molar-refractivity contribution in [3.63, 3.8) is 0 Å². The third-order valence-electron chi connectivity index (χ3n) is 5.43. The second-order valence-electron chi connectivity index (χ2n) is 7.84. The van der Waals surface area contributed by atoms with Crippen LogP contribution in [-0.2, 0) is 21.2 Å². The number of nitrogens with zero attached hydrogens (tertiary/aromatic N) is 1. The van der Waals surface area contributed by atoms with Crippen molar-refractivity contribution in [3.05, 3.63) is 96.1 Å². The predicted octanol–water partition coefficient (Wildman–Crippen LogP) is 4.53. The molecule has 7 nitrogen and oxygen atoms in total. The topological polar surface area (TPSA) is 95.6 Å². The normalized spacial score (nSPS) is 11.9. The van der Waals surface area contributed by atoms with Crippen molar-refractivity contribution >= 4 is 27.6 Å². The van der Waals surface area contributed by atoms with E-state index < -0.39 is 22.1 Å². The summed E-state index contributed by atoms with van der Waals surface area (Å²) in [5.41, 5.74) is 2.23. The first-order chi connectivity index (χ1) is 16.3. The zero-order valence-electron chi connectivity index (χ0n) is 19.3. The molecule has 0 aromatic heterocycles. The summed E-state index contributed by atoms with van der Waals surface area (Å²) in [6.45, 7) is 3.90. The highest BCUT2D eigenvalue weighted by atomic mass is 32.2. The zero-order chi connectivity index (χ0) is 24.6. The number of para-hydroxylation sites is 1. The lowest BCUT2D eigenvalue weighted by Gasteiger charge is -2.27. The Labute approximate surface area is 203 Å². The molecular weight excluding hydrogens is 450 g/mol. The Morgan fingerprint density at radius 3 is 2.12 bits per heavy atom. The molecule has 0 bridgehead atoms. The lowest BCUT2D eigenvalue weighted by molar-refractivity contribution is -0.120. The number of sulfonamides is 1. The molecule has 0 saturated heterocycles. The summed E-state index contributed by atoms with van der Waals surface area (Å²) in [5, 5.41) is 2.60. The number of aryl methyl sites for hydroxylation is 2. The Kier molecular flexibility index (Phi) is 8.43. The molecule has 0 aliphatic heterocycles. The summed E-state index contributed by atoms with van der Waals surface area (Å²) >= 11 is 0. The second kappa shape index (κ2) is 11.5. The van der Waals surface area contributed by atoms with E-state index >= 15 is 0 Å². The quantitative estimate of drug-likeness (QED) is 0.467. The molecule has 0 saturated carbocycles. The Bertz CT molecular complexity index is 1230. The largest absolute Gasteiger partial charge is 0.329 e.